The molecule has 0 aromatic heterocycles. The highest BCUT2D eigenvalue weighted by atomic mass is 16.4. The second-order valence-electron chi connectivity index (χ2n) is 4.02. The minimum atomic E-state index is 0.529. The molecule has 1 aliphatic rings. The van der Waals surface area contributed by atoms with Crippen LogP contribution in [0.15, 0.2) is 23.8 Å². The van der Waals surface area contributed by atoms with Crippen LogP contribution in [0.1, 0.15) is 33.1 Å². The summed E-state index contributed by atoms with van der Waals surface area (Å²) in [6, 6.07) is 0. The zero-order chi connectivity index (χ0) is 10.4. The summed E-state index contributed by atoms with van der Waals surface area (Å²) < 4.78 is 4.77. The molecule has 0 spiro atoms. The molecule has 0 saturated carbocycles. The van der Waals surface area contributed by atoms with E-state index < -0.39 is 0 Å². The second kappa shape index (κ2) is 6.08. The van der Waals surface area contributed by atoms with E-state index in [-0.39, 0.29) is 0 Å². The van der Waals surface area contributed by atoms with Crippen molar-refractivity contribution in [3.63, 3.8) is 0 Å². The third kappa shape index (κ3) is 3.02. The third-order valence-corrected chi connectivity index (χ3v) is 2.95. The fourth-order valence-electron chi connectivity index (χ4n) is 2.01. The van der Waals surface area contributed by atoms with Crippen LogP contribution in [0.4, 0.5) is 0 Å². The molecular formula is C12H19BO. The van der Waals surface area contributed by atoms with Gasteiger partial charge in [-0.25, -0.2) is 0 Å². The van der Waals surface area contributed by atoms with E-state index in [0.29, 0.717) is 18.4 Å². The van der Waals surface area contributed by atoms with Gasteiger partial charge < -0.3 is 4.65 Å². The number of hydrogen-bond acceptors (Lipinski definition) is 1. The quantitative estimate of drug-likeness (QED) is 0.478. The van der Waals surface area contributed by atoms with Crippen LogP contribution in [0.25, 0.3) is 0 Å². The molecule has 1 aliphatic carbocycles. The molecule has 0 fully saturated rings. The minimum Gasteiger partial charge on any atom is -0.447 e. The smallest absolute Gasteiger partial charge is 0.282 e. The molecule has 0 bridgehead atoms. The summed E-state index contributed by atoms with van der Waals surface area (Å²) in [6.45, 7) is 5.08. The van der Waals surface area contributed by atoms with Crippen LogP contribution in [0.2, 0.25) is 0 Å². The van der Waals surface area contributed by atoms with E-state index in [1.165, 1.54) is 12.0 Å². The van der Waals surface area contributed by atoms with Crippen molar-refractivity contribution in [2.24, 2.45) is 11.8 Å². The Balaban J connectivity index is 2.46. The second-order valence-corrected chi connectivity index (χ2v) is 4.02. The standard InChI is InChI=1S/C12H19BO/c1-3-4-5-6-11-8-7-10(2)12(11)9-14-13/h4-5,8,10,12H,3,6-7,9H2,1-2H3/t10?,12-/m0/s1. The van der Waals surface area contributed by atoms with Gasteiger partial charge in [0, 0.05) is 12.5 Å². The van der Waals surface area contributed by atoms with E-state index in [2.05, 4.69) is 32.1 Å². The number of rotatable bonds is 5. The fourth-order valence-corrected chi connectivity index (χ4v) is 2.01. The van der Waals surface area contributed by atoms with Gasteiger partial charge in [-0.3, -0.25) is 0 Å². The summed E-state index contributed by atoms with van der Waals surface area (Å²) in [5.41, 5.74) is 1.49. The van der Waals surface area contributed by atoms with Crippen LogP contribution in [0.3, 0.4) is 0 Å². The van der Waals surface area contributed by atoms with Crippen molar-refractivity contribution in [1.82, 2.24) is 0 Å². The van der Waals surface area contributed by atoms with Crippen molar-refractivity contribution >= 4 is 8.05 Å². The maximum atomic E-state index is 5.14. The van der Waals surface area contributed by atoms with Gasteiger partial charge in [-0.15, -0.1) is 0 Å². The van der Waals surface area contributed by atoms with E-state index in [4.69, 9.17) is 12.7 Å². The molecule has 0 N–H and O–H groups in total. The molecule has 2 radical (unpaired) electrons. The van der Waals surface area contributed by atoms with E-state index in [1.807, 2.05) is 0 Å². The molecule has 1 unspecified atom stereocenters. The van der Waals surface area contributed by atoms with Crippen LogP contribution < -0.4 is 0 Å². The highest BCUT2D eigenvalue weighted by Crippen LogP contribution is 2.33. The first-order chi connectivity index (χ1) is 6.79. The van der Waals surface area contributed by atoms with E-state index in [0.717, 1.165) is 12.8 Å². The lowest BCUT2D eigenvalue weighted by Crippen LogP contribution is -2.14. The van der Waals surface area contributed by atoms with E-state index in [1.54, 1.807) is 0 Å². The van der Waals surface area contributed by atoms with Crippen LogP contribution >= 0.6 is 0 Å². The third-order valence-electron chi connectivity index (χ3n) is 2.95. The molecule has 76 valence electrons. The molecule has 0 aliphatic heterocycles. The summed E-state index contributed by atoms with van der Waals surface area (Å²) in [5.74, 6) is 1.21. The largest absolute Gasteiger partial charge is 0.447 e. The summed E-state index contributed by atoms with van der Waals surface area (Å²) in [7, 11) is 5.14. The lowest BCUT2D eigenvalue weighted by atomic mass is 9.91. The minimum absolute atomic E-state index is 0.529. The van der Waals surface area contributed by atoms with Gasteiger partial charge in [0.1, 0.15) is 0 Å². The van der Waals surface area contributed by atoms with Crippen LogP contribution in [-0.2, 0) is 4.65 Å². The van der Waals surface area contributed by atoms with Crippen LogP contribution in [-0.4, -0.2) is 14.7 Å². The van der Waals surface area contributed by atoms with Crippen molar-refractivity contribution in [1.29, 1.82) is 0 Å². The van der Waals surface area contributed by atoms with Gasteiger partial charge in [0.05, 0.1) is 0 Å². The Morgan fingerprint density at radius 2 is 2.36 bits per heavy atom. The van der Waals surface area contributed by atoms with E-state index in [9.17, 15) is 0 Å². The average Bonchev–Trinajstić information content (AvgIpc) is 2.51. The van der Waals surface area contributed by atoms with Gasteiger partial charge in [0.2, 0.25) is 0 Å². The van der Waals surface area contributed by atoms with Crippen LogP contribution in [0, 0.1) is 11.8 Å². The Morgan fingerprint density at radius 1 is 1.57 bits per heavy atom. The maximum absolute atomic E-state index is 5.14. The Morgan fingerprint density at radius 3 is 3.00 bits per heavy atom. The summed E-state index contributed by atoms with van der Waals surface area (Å²) in [4.78, 5) is 0. The van der Waals surface area contributed by atoms with Crippen molar-refractivity contribution in [3.05, 3.63) is 23.8 Å². The molecule has 1 rings (SSSR count). The first-order valence-corrected chi connectivity index (χ1v) is 5.45. The zero-order valence-electron chi connectivity index (χ0n) is 9.20. The van der Waals surface area contributed by atoms with E-state index >= 15 is 0 Å². The zero-order valence-corrected chi connectivity index (χ0v) is 9.20. The Kier molecular flexibility index (Phi) is 5.03. The monoisotopic (exact) mass is 190 g/mol. The predicted octanol–water partition coefficient (Wildman–Crippen LogP) is 3.03. The van der Waals surface area contributed by atoms with Gasteiger partial charge >= 0.3 is 0 Å². The molecule has 0 amide bonds. The molecule has 2 atom stereocenters. The molecule has 2 heteroatoms. The Labute approximate surface area is 88.7 Å². The van der Waals surface area contributed by atoms with Crippen molar-refractivity contribution in [2.45, 2.75) is 33.1 Å². The topological polar surface area (TPSA) is 9.23 Å². The molecule has 0 aromatic carbocycles. The maximum Gasteiger partial charge on any atom is 0.282 e. The fraction of sp³-hybridized carbons (Fsp3) is 0.667. The van der Waals surface area contributed by atoms with Gasteiger partial charge in [0.25, 0.3) is 8.05 Å². The highest BCUT2D eigenvalue weighted by Gasteiger charge is 2.24. The molecule has 1 nitrogen and oxygen atoms in total. The Hall–Kier alpha value is -0.495. The number of allylic oxidation sites excluding steroid dienone is 3. The van der Waals surface area contributed by atoms with Gasteiger partial charge in [-0.2, -0.15) is 0 Å². The first-order valence-electron chi connectivity index (χ1n) is 5.45. The molecular weight excluding hydrogens is 171 g/mol. The van der Waals surface area contributed by atoms with Gasteiger partial charge in [0.15, 0.2) is 0 Å². The highest BCUT2D eigenvalue weighted by molar-refractivity contribution is 5.97. The Bertz CT molecular complexity index is 220. The van der Waals surface area contributed by atoms with Gasteiger partial charge in [-0.05, 0) is 25.2 Å². The van der Waals surface area contributed by atoms with Crippen molar-refractivity contribution < 1.29 is 4.65 Å². The van der Waals surface area contributed by atoms with Crippen molar-refractivity contribution in [3.8, 4) is 0 Å². The molecule has 14 heavy (non-hydrogen) atoms. The molecule has 0 aromatic rings. The summed E-state index contributed by atoms with van der Waals surface area (Å²) >= 11 is 0. The molecule has 0 saturated heterocycles. The average molecular weight is 190 g/mol. The SMILES string of the molecule is [B]OC[C@@H]1C(CC=CCC)=CCC1C. The lowest BCUT2D eigenvalue weighted by molar-refractivity contribution is 0.254. The van der Waals surface area contributed by atoms with Crippen LogP contribution in [0.5, 0.6) is 0 Å². The predicted molar refractivity (Wildman–Crippen MR) is 61.1 cm³/mol. The van der Waals surface area contributed by atoms with Crippen molar-refractivity contribution in [2.75, 3.05) is 6.61 Å². The summed E-state index contributed by atoms with van der Waals surface area (Å²) in [5, 5.41) is 0. The normalized spacial score (nSPS) is 27.1. The lowest BCUT2D eigenvalue weighted by Gasteiger charge is -2.18. The number of hydrogen-bond donors (Lipinski definition) is 0. The first kappa shape index (κ1) is 11.6. The molecule has 0 heterocycles. The summed E-state index contributed by atoms with van der Waals surface area (Å²) in [6.07, 6.45) is 10.1. The van der Waals surface area contributed by atoms with Gasteiger partial charge in [-0.1, -0.05) is 37.6 Å².